The first-order valence-electron chi connectivity index (χ1n) is 8.84. The molecule has 6 nitrogen and oxygen atoms in total. The van der Waals surface area contributed by atoms with Gasteiger partial charge in [-0.1, -0.05) is 12.1 Å². The van der Waals surface area contributed by atoms with Gasteiger partial charge >= 0.3 is 11.9 Å². The summed E-state index contributed by atoms with van der Waals surface area (Å²) in [6.07, 6.45) is 2.48. The van der Waals surface area contributed by atoms with Crippen molar-refractivity contribution in [2.45, 2.75) is 37.9 Å². The summed E-state index contributed by atoms with van der Waals surface area (Å²) in [5.74, 6) is 0.414. The topological polar surface area (TPSA) is 77.7 Å². The zero-order chi connectivity index (χ0) is 17.9. The molecule has 2 aromatic carbocycles. The fourth-order valence-corrected chi connectivity index (χ4v) is 2.72. The van der Waals surface area contributed by atoms with E-state index < -0.39 is 0 Å². The van der Waals surface area contributed by atoms with Crippen molar-refractivity contribution >= 4 is 22.7 Å². The molecule has 4 rings (SSSR count). The second-order valence-electron chi connectivity index (χ2n) is 6.61. The third kappa shape index (κ3) is 4.80. The van der Waals surface area contributed by atoms with E-state index in [1.54, 1.807) is 24.3 Å². The standard InChI is InChI=1S/C20H20O6/c21-19(7-5-17-11-23-17)25-15-3-1-13-2-4-16(10-14(13)9-15)26-20(22)8-6-18-12-24-18/h1-4,9-10,17-18H,5-8,11-12H2. The third-order valence-electron chi connectivity index (χ3n) is 4.39. The van der Waals surface area contributed by atoms with Crippen molar-refractivity contribution in [1.82, 2.24) is 0 Å². The van der Waals surface area contributed by atoms with Gasteiger partial charge in [0.25, 0.3) is 0 Å². The van der Waals surface area contributed by atoms with E-state index in [2.05, 4.69) is 0 Å². The van der Waals surface area contributed by atoms with Crippen LogP contribution >= 0.6 is 0 Å². The Bertz CT molecular complexity index is 757. The minimum atomic E-state index is -0.273. The molecule has 0 amide bonds. The highest BCUT2D eigenvalue weighted by Gasteiger charge is 2.24. The van der Waals surface area contributed by atoms with Crippen molar-refractivity contribution in [2.75, 3.05) is 13.2 Å². The molecule has 0 radical (unpaired) electrons. The molecular weight excluding hydrogens is 336 g/mol. The highest BCUT2D eigenvalue weighted by atomic mass is 16.6. The van der Waals surface area contributed by atoms with Gasteiger partial charge in [-0.15, -0.1) is 0 Å². The van der Waals surface area contributed by atoms with Gasteiger partial charge in [0, 0.05) is 12.8 Å². The summed E-state index contributed by atoms with van der Waals surface area (Å²) in [6.45, 7) is 1.47. The maximum absolute atomic E-state index is 11.9. The lowest BCUT2D eigenvalue weighted by molar-refractivity contribution is -0.135. The lowest BCUT2D eigenvalue weighted by Gasteiger charge is -2.08. The number of hydrogen-bond donors (Lipinski definition) is 0. The van der Waals surface area contributed by atoms with Crippen LogP contribution in [0.5, 0.6) is 11.5 Å². The second kappa shape index (κ2) is 7.43. The second-order valence-corrected chi connectivity index (χ2v) is 6.61. The maximum atomic E-state index is 11.9. The average molecular weight is 356 g/mol. The molecule has 2 aliphatic rings. The predicted molar refractivity (Wildman–Crippen MR) is 93.2 cm³/mol. The number of carbonyl (C=O) groups excluding carboxylic acids is 2. The van der Waals surface area contributed by atoms with E-state index in [4.69, 9.17) is 18.9 Å². The highest BCUT2D eigenvalue weighted by Crippen LogP contribution is 2.26. The van der Waals surface area contributed by atoms with Crippen LogP contribution in [0.4, 0.5) is 0 Å². The Hall–Kier alpha value is -2.44. The van der Waals surface area contributed by atoms with Gasteiger partial charge in [-0.2, -0.15) is 0 Å². The lowest BCUT2D eigenvalue weighted by atomic mass is 10.1. The van der Waals surface area contributed by atoms with Gasteiger partial charge in [0.05, 0.1) is 25.4 Å². The molecule has 0 saturated carbocycles. The van der Waals surface area contributed by atoms with Gasteiger partial charge < -0.3 is 18.9 Å². The first kappa shape index (κ1) is 17.0. The molecule has 2 fully saturated rings. The Morgan fingerprint density at radius 1 is 0.808 bits per heavy atom. The van der Waals surface area contributed by atoms with Crippen molar-refractivity contribution in [1.29, 1.82) is 0 Å². The summed E-state index contributed by atoms with van der Waals surface area (Å²) in [7, 11) is 0. The molecule has 26 heavy (non-hydrogen) atoms. The lowest BCUT2D eigenvalue weighted by Crippen LogP contribution is -2.09. The summed E-state index contributed by atoms with van der Waals surface area (Å²) >= 11 is 0. The van der Waals surface area contributed by atoms with Crippen molar-refractivity contribution in [3.05, 3.63) is 36.4 Å². The predicted octanol–water partition coefficient (Wildman–Crippen LogP) is 3.01. The molecule has 2 aromatic rings. The minimum absolute atomic E-state index is 0.211. The maximum Gasteiger partial charge on any atom is 0.311 e. The fourth-order valence-electron chi connectivity index (χ4n) is 2.72. The van der Waals surface area contributed by atoms with Gasteiger partial charge in [0.1, 0.15) is 11.5 Å². The molecule has 0 aromatic heterocycles. The molecule has 2 unspecified atom stereocenters. The number of fused-ring (bicyclic) bond motifs is 1. The number of esters is 2. The molecule has 0 bridgehead atoms. The Morgan fingerprint density at radius 2 is 1.27 bits per heavy atom. The van der Waals surface area contributed by atoms with E-state index in [0.717, 1.165) is 24.0 Å². The Balaban J connectivity index is 1.38. The first-order valence-corrected chi connectivity index (χ1v) is 8.84. The van der Waals surface area contributed by atoms with Gasteiger partial charge in [-0.05, 0) is 47.9 Å². The largest absolute Gasteiger partial charge is 0.427 e. The Labute approximate surface area is 151 Å². The van der Waals surface area contributed by atoms with Crippen molar-refractivity contribution < 1.29 is 28.5 Å². The number of hydrogen-bond acceptors (Lipinski definition) is 6. The van der Waals surface area contributed by atoms with E-state index in [1.165, 1.54) is 0 Å². The number of rotatable bonds is 8. The Kier molecular flexibility index (Phi) is 4.86. The van der Waals surface area contributed by atoms with Crippen molar-refractivity contribution in [3.63, 3.8) is 0 Å². The van der Waals surface area contributed by atoms with E-state index in [1.807, 2.05) is 12.1 Å². The average Bonchev–Trinajstić information content (AvgIpc) is 3.53. The van der Waals surface area contributed by atoms with Gasteiger partial charge in [0.15, 0.2) is 0 Å². The molecule has 0 spiro atoms. The van der Waals surface area contributed by atoms with Crippen LogP contribution in [0.15, 0.2) is 36.4 Å². The van der Waals surface area contributed by atoms with Crippen molar-refractivity contribution in [3.8, 4) is 11.5 Å². The first-order chi connectivity index (χ1) is 12.7. The molecule has 6 heteroatoms. The molecule has 2 heterocycles. The normalized spacial score (nSPS) is 20.6. The van der Waals surface area contributed by atoms with E-state index in [-0.39, 0.29) is 24.1 Å². The highest BCUT2D eigenvalue weighted by molar-refractivity contribution is 5.87. The number of benzene rings is 2. The van der Waals surface area contributed by atoms with Crippen LogP contribution in [0, 0.1) is 0 Å². The number of epoxide rings is 2. The molecule has 0 N–H and O–H groups in total. The van der Waals surface area contributed by atoms with Gasteiger partial charge in [-0.25, -0.2) is 0 Å². The van der Waals surface area contributed by atoms with Crippen LogP contribution in [-0.2, 0) is 19.1 Å². The van der Waals surface area contributed by atoms with E-state index in [9.17, 15) is 9.59 Å². The van der Waals surface area contributed by atoms with Gasteiger partial charge in [-0.3, -0.25) is 9.59 Å². The molecule has 2 saturated heterocycles. The van der Waals surface area contributed by atoms with E-state index >= 15 is 0 Å². The number of ether oxygens (including phenoxy) is 4. The summed E-state index contributed by atoms with van der Waals surface area (Å²) in [5, 5.41) is 1.82. The SMILES string of the molecule is O=C(CCC1CO1)Oc1ccc2ccc(OC(=O)CCC3CO3)cc2c1. The van der Waals surface area contributed by atoms with Crippen LogP contribution in [-0.4, -0.2) is 37.4 Å². The Morgan fingerprint density at radius 3 is 1.69 bits per heavy atom. The molecule has 136 valence electrons. The van der Waals surface area contributed by atoms with Crippen LogP contribution < -0.4 is 9.47 Å². The summed E-state index contributed by atoms with van der Waals surface area (Å²) < 4.78 is 20.9. The van der Waals surface area contributed by atoms with E-state index in [0.29, 0.717) is 37.2 Å². The minimum Gasteiger partial charge on any atom is -0.427 e. The zero-order valence-electron chi connectivity index (χ0n) is 14.3. The summed E-state index contributed by atoms with van der Waals surface area (Å²) in [4.78, 5) is 23.7. The van der Waals surface area contributed by atoms with Crippen LogP contribution in [0.3, 0.4) is 0 Å². The zero-order valence-corrected chi connectivity index (χ0v) is 14.3. The fraction of sp³-hybridized carbons (Fsp3) is 0.400. The molecule has 2 atom stereocenters. The summed E-state index contributed by atoms with van der Waals surface area (Å²) in [6, 6.07) is 10.8. The van der Waals surface area contributed by atoms with Crippen LogP contribution in [0.1, 0.15) is 25.7 Å². The molecule has 0 aliphatic carbocycles. The molecule has 2 aliphatic heterocycles. The van der Waals surface area contributed by atoms with Gasteiger partial charge in [0.2, 0.25) is 0 Å². The monoisotopic (exact) mass is 356 g/mol. The third-order valence-corrected chi connectivity index (χ3v) is 4.39. The number of carbonyl (C=O) groups is 2. The summed E-state index contributed by atoms with van der Waals surface area (Å²) in [5.41, 5.74) is 0. The van der Waals surface area contributed by atoms with Crippen LogP contribution in [0.25, 0.3) is 10.8 Å². The quantitative estimate of drug-likeness (QED) is 0.411. The molecular formula is C20H20O6. The smallest absolute Gasteiger partial charge is 0.311 e. The van der Waals surface area contributed by atoms with Crippen LogP contribution in [0.2, 0.25) is 0 Å². The van der Waals surface area contributed by atoms with Crippen molar-refractivity contribution in [2.24, 2.45) is 0 Å².